The third kappa shape index (κ3) is 3.15. The van der Waals surface area contributed by atoms with E-state index in [0.717, 1.165) is 0 Å². The van der Waals surface area contributed by atoms with Crippen molar-refractivity contribution in [3.8, 4) is 0 Å². The predicted molar refractivity (Wildman–Crippen MR) is 63.3 cm³/mol. The van der Waals surface area contributed by atoms with E-state index in [1.807, 2.05) is 0 Å². The van der Waals surface area contributed by atoms with Crippen LogP contribution in [0.1, 0.15) is 23.3 Å². The van der Waals surface area contributed by atoms with Crippen molar-refractivity contribution in [2.75, 3.05) is 18.8 Å². The largest absolute Gasteiger partial charge is 0.397 e. The minimum absolute atomic E-state index is 0.0719. The van der Waals surface area contributed by atoms with Crippen LogP contribution in [0.4, 0.5) is 18.9 Å². The summed E-state index contributed by atoms with van der Waals surface area (Å²) in [6, 6.07) is 2.93. The van der Waals surface area contributed by atoms with Crippen molar-refractivity contribution in [1.29, 1.82) is 0 Å². The van der Waals surface area contributed by atoms with Gasteiger partial charge in [0.25, 0.3) is 5.91 Å². The molecule has 1 amide bonds. The highest BCUT2D eigenvalue weighted by molar-refractivity contribution is 5.92. The SMILES string of the molecule is Nc1ccc(C(=O)N2CCCC(C(F)(F)F)C2)nc1. The van der Waals surface area contributed by atoms with E-state index in [1.165, 1.54) is 23.2 Å². The monoisotopic (exact) mass is 273 g/mol. The molecular weight excluding hydrogens is 259 g/mol. The Morgan fingerprint density at radius 3 is 2.74 bits per heavy atom. The van der Waals surface area contributed by atoms with Crippen LogP contribution in [-0.2, 0) is 0 Å². The maximum atomic E-state index is 12.7. The van der Waals surface area contributed by atoms with Crippen molar-refractivity contribution >= 4 is 11.6 Å². The number of aromatic nitrogens is 1. The Morgan fingerprint density at radius 1 is 1.42 bits per heavy atom. The molecule has 1 aliphatic rings. The maximum absolute atomic E-state index is 12.7. The van der Waals surface area contributed by atoms with Crippen LogP contribution in [0.2, 0.25) is 0 Å². The molecule has 1 atom stereocenters. The normalized spacial score (nSPS) is 20.4. The molecule has 1 aromatic heterocycles. The van der Waals surface area contributed by atoms with Crippen molar-refractivity contribution in [1.82, 2.24) is 9.88 Å². The molecule has 19 heavy (non-hydrogen) atoms. The Kier molecular flexibility index (Phi) is 3.64. The number of rotatable bonds is 1. The zero-order chi connectivity index (χ0) is 14.0. The molecule has 104 valence electrons. The summed E-state index contributed by atoms with van der Waals surface area (Å²) in [5, 5.41) is 0. The molecule has 1 saturated heterocycles. The molecule has 0 aliphatic carbocycles. The molecule has 0 radical (unpaired) electrons. The number of piperidine rings is 1. The summed E-state index contributed by atoms with van der Waals surface area (Å²) in [7, 11) is 0. The van der Waals surface area contributed by atoms with Crippen LogP contribution in [-0.4, -0.2) is 35.1 Å². The minimum atomic E-state index is -4.26. The van der Waals surface area contributed by atoms with Crippen molar-refractivity contribution in [3.05, 3.63) is 24.0 Å². The van der Waals surface area contributed by atoms with Crippen LogP contribution >= 0.6 is 0 Å². The van der Waals surface area contributed by atoms with Crippen molar-refractivity contribution < 1.29 is 18.0 Å². The Labute approximate surface area is 108 Å². The van der Waals surface area contributed by atoms with Gasteiger partial charge in [0.1, 0.15) is 5.69 Å². The van der Waals surface area contributed by atoms with Gasteiger partial charge in [-0.1, -0.05) is 0 Å². The van der Waals surface area contributed by atoms with Gasteiger partial charge in [0.05, 0.1) is 17.8 Å². The quantitative estimate of drug-likeness (QED) is 0.852. The second-order valence-corrected chi connectivity index (χ2v) is 4.61. The molecule has 0 bridgehead atoms. The fourth-order valence-electron chi connectivity index (χ4n) is 2.12. The maximum Gasteiger partial charge on any atom is 0.393 e. The lowest BCUT2D eigenvalue weighted by molar-refractivity contribution is -0.184. The van der Waals surface area contributed by atoms with E-state index in [9.17, 15) is 18.0 Å². The average Bonchev–Trinajstić information content (AvgIpc) is 2.38. The number of likely N-dealkylation sites (tertiary alicyclic amines) is 1. The van der Waals surface area contributed by atoms with Gasteiger partial charge in [0.15, 0.2) is 0 Å². The summed E-state index contributed by atoms with van der Waals surface area (Å²) in [6.07, 6.45) is -2.51. The topological polar surface area (TPSA) is 59.2 Å². The first-order valence-corrected chi connectivity index (χ1v) is 5.95. The number of nitrogens with zero attached hydrogens (tertiary/aromatic N) is 2. The molecular formula is C12H14F3N3O. The molecule has 2 heterocycles. The molecule has 1 unspecified atom stereocenters. The summed E-state index contributed by atoms with van der Waals surface area (Å²) in [5.41, 5.74) is 5.98. The molecule has 0 spiro atoms. The van der Waals surface area contributed by atoms with Gasteiger partial charge in [0, 0.05) is 13.1 Å². The summed E-state index contributed by atoms with van der Waals surface area (Å²) >= 11 is 0. The van der Waals surface area contributed by atoms with E-state index in [2.05, 4.69) is 4.98 Å². The first-order chi connectivity index (χ1) is 8.88. The second kappa shape index (κ2) is 5.07. The number of pyridine rings is 1. The van der Waals surface area contributed by atoms with Crippen LogP contribution in [0.25, 0.3) is 0 Å². The molecule has 2 N–H and O–H groups in total. The van der Waals surface area contributed by atoms with E-state index >= 15 is 0 Å². The van der Waals surface area contributed by atoms with Crippen LogP contribution in [0, 0.1) is 5.92 Å². The van der Waals surface area contributed by atoms with Gasteiger partial charge in [-0.15, -0.1) is 0 Å². The first-order valence-electron chi connectivity index (χ1n) is 5.95. The van der Waals surface area contributed by atoms with Gasteiger partial charge in [-0.25, -0.2) is 4.98 Å². The number of alkyl halides is 3. The highest BCUT2D eigenvalue weighted by atomic mass is 19.4. The van der Waals surface area contributed by atoms with Gasteiger partial charge in [-0.3, -0.25) is 4.79 Å². The standard InChI is InChI=1S/C12H14F3N3O/c13-12(14,15)8-2-1-5-18(7-8)11(19)10-4-3-9(16)6-17-10/h3-4,6,8H,1-2,5,7,16H2. The second-order valence-electron chi connectivity index (χ2n) is 4.61. The Morgan fingerprint density at radius 2 is 2.16 bits per heavy atom. The Hall–Kier alpha value is -1.79. The van der Waals surface area contributed by atoms with Crippen molar-refractivity contribution in [2.45, 2.75) is 19.0 Å². The number of carbonyl (C=O) groups excluding carboxylic acids is 1. The van der Waals surface area contributed by atoms with Gasteiger partial charge >= 0.3 is 6.18 Å². The van der Waals surface area contributed by atoms with Gasteiger partial charge in [0.2, 0.25) is 0 Å². The molecule has 0 aromatic carbocycles. The lowest BCUT2D eigenvalue weighted by Crippen LogP contribution is -2.44. The van der Waals surface area contributed by atoms with Gasteiger partial charge < -0.3 is 10.6 Å². The van der Waals surface area contributed by atoms with Crippen LogP contribution in [0.3, 0.4) is 0 Å². The van der Waals surface area contributed by atoms with E-state index in [4.69, 9.17) is 5.73 Å². The molecule has 4 nitrogen and oxygen atoms in total. The van der Waals surface area contributed by atoms with E-state index in [-0.39, 0.29) is 18.7 Å². The molecule has 2 rings (SSSR count). The van der Waals surface area contributed by atoms with Gasteiger partial charge in [-0.2, -0.15) is 13.2 Å². The number of hydrogen-bond acceptors (Lipinski definition) is 3. The number of hydrogen-bond donors (Lipinski definition) is 1. The first kappa shape index (κ1) is 13.6. The Bertz CT molecular complexity index is 458. The smallest absolute Gasteiger partial charge is 0.393 e. The third-order valence-corrected chi connectivity index (χ3v) is 3.18. The number of anilines is 1. The molecule has 0 saturated carbocycles. The molecule has 1 fully saturated rings. The number of amides is 1. The molecule has 1 aliphatic heterocycles. The van der Waals surface area contributed by atoms with E-state index in [1.54, 1.807) is 0 Å². The summed E-state index contributed by atoms with van der Waals surface area (Å²) < 4.78 is 38.0. The lowest BCUT2D eigenvalue weighted by Gasteiger charge is -2.33. The zero-order valence-corrected chi connectivity index (χ0v) is 10.2. The summed E-state index contributed by atoms with van der Waals surface area (Å²) in [5.74, 6) is -1.92. The fourth-order valence-corrected chi connectivity index (χ4v) is 2.12. The van der Waals surface area contributed by atoms with Crippen LogP contribution in [0.5, 0.6) is 0 Å². The van der Waals surface area contributed by atoms with Crippen molar-refractivity contribution in [3.63, 3.8) is 0 Å². The highest BCUT2D eigenvalue weighted by Crippen LogP contribution is 2.33. The average molecular weight is 273 g/mol. The predicted octanol–water partition coefficient (Wildman–Crippen LogP) is 2.08. The van der Waals surface area contributed by atoms with E-state index < -0.39 is 18.0 Å². The Balaban J connectivity index is 2.09. The number of halogens is 3. The number of carbonyl (C=O) groups is 1. The van der Waals surface area contributed by atoms with Crippen molar-refractivity contribution in [2.24, 2.45) is 5.92 Å². The fraction of sp³-hybridized carbons (Fsp3) is 0.500. The van der Waals surface area contributed by atoms with Crippen LogP contribution in [0.15, 0.2) is 18.3 Å². The summed E-state index contributed by atoms with van der Waals surface area (Å²) in [6.45, 7) is 0.0336. The highest BCUT2D eigenvalue weighted by Gasteiger charge is 2.42. The molecule has 7 heteroatoms. The van der Waals surface area contributed by atoms with Crippen LogP contribution < -0.4 is 5.73 Å². The minimum Gasteiger partial charge on any atom is -0.397 e. The zero-order valence-electron chi connectivity index (χ0n) is 10.2. The van der Waals surface area contributed by atoms with E-state index in [0.29, 0.717) is 18.7 Å². The number of nitrogen functional groups attached to an aromatic ring is 1. The summed E-state index contributed by atoms with van der Waals surface area (Å²) in [4.78, 5) is 17.1. The molecule has 1 aromatic rings. The third-order valence-electron chi connectivity index (χ3n) is 3.18. The lowest BCUT2D eigenvalue weighted by atomic mass is 9.97. The number of nitrogens with two attached hydrogens (primary N) is 1. The van der Waals surface area contributed by atoms with Gasteiger partial charge in [-0.05, 0) is 25.0 Å².